The van der Waals surface area contributed by atoms with E-state index >= 15 is 0 Å². The summed E-state index contributed by atoms with van der Waals surface area (Å²) in [5.41, 5.74) is 3.09. The number of amides is 1. The van der Waals surface area contributed by atoms with E-state index < -0.39 is 0 Å². The van der Waals surface area contributed by atoms with Crippen molar-refractivity contribution in [3.63, 3.8) is 0 Å². The van der Waals surface area contributed by atoms with E-state index in [-0.39, 0.29) is 5.91 Å². The Morgan fingerprint density at radius 2 is 2.27 bits per heavy atom. The van der Waals surface area contributed by atoms with Crippen molar-refractivity contribution < 1.29 is 9.21 Å². The van der Waals surface area contributed by atoms with Gasteiger partial charge in [0.1, 0.15) is 5.58 Å². The molecule has 1 amide bonds. The first-order valence-corrected chi connectivity index (χ1v) is 4.88. The second-order valence-electron chi connectivity index (χ2n) is 3.66. The number of hydrogen-bond donors (Lipinski definition) is 1. The zero-order chi connectivity index (χ0) is 10.8. The maximum atomic E-state index is 10.8. The molecule has 0 radical (unpaired) electrons. The number of carbonyl (C=O) groups is 1. The Hall–Kier alpha value is -1.77. The van der Waals surface area contributed by atoms with Crippen LogP contribution in [0.1, 0.15) is 18.1 Å². The van der Waals surface area contributed by atoms with Crippen LogP contribution in [0.5, 0.6) is 0 Å². The van der Waals surface area contributed by atoms with Gasteiger partial charge in [-0.2, -0.15) is 0 Å². The van der Waals surface area contributed by atoms with Crippen LogP contribution in [0.3, 0.4) is 0 Å². The maximum Gasteiger partial charge on any atom is 0.217 e. The molecule has 0 aliphatic rings. The Morgan fingerprint density at radius 1 is 1.47 bits per heavy atom. The van der Waals surface area contributed by atoms with Gasteiger partial charge in [0.15, 0.2) is 0 Å². The number of furan rings is 1. The molecule has 2 rings (SSSR count). The summed E-state index contributed by atoms with van der Waals surface area (Å²) in [6.45, 7) is 4.09. The molecule has 1 N–H and O–H groups in total. The van der Waals surface area contributed by atoms with Gasteiger partial charge in [-0.3, -0.25) is 4.79 Å². The minimum atomic E-state index is -0.0148. The average Bonchev–Trinajstić information content (AvgIpc) is 2.57. The van der Waals surface area contributed by atoms with E-state index in [9.17, 15) is 4.79 Å². The number of rotatable bonds is 2. The van der Waals surface area contributed by atoms with Crippen molar-refractivity contribution in [2.24, 2.45) is 0 Å². The number of hydrogen-bond acceptors (Lipinski definition) is 2. The lowest BCUT2D eigenvalue weighted by molar-refractivity contribution is -0.119. The van der Waals surface area contributed by atoms with E-state index in [1.165, 1.54) is 6.92 Å². The van der Waals surface area contributed by atoms with E-state index in [1.807, 2.05) is 25.1 Å². The van der Waals surface area contributed by atoms with Gasteiger partial charge in [-0.1, -0.05) is 6.07 Å². The lowest BCUT2D eigenvalue weighted by atomic mass is 10.1. The molecule has 3 heteroatoms. The number of fused-ring (bicyclic) bond motifs is 1. The summed E-state index contributed by atoms with van der Waals surface area (Å²) in [5.74, 6) is -0.0148. The first kappa shape index (κ1) is 9.77. The van der Waals surface area contributed by atoms with Gasteiger partial charge in [0, 0.05) is 18.9 Å². The lowest BCUT2D eigenvalue weighted by Crippen LogP contribution is -2.18. The van der Waals surface area contributed by atoms with E-state index in [2.05, 4.69) is 5.32 Å². The number of nitrogens with one attached hydrogen (secondary N) is 1. The third-order valence-corrected chi connectivity index (χ3v) is 2.37. The second kappa shape index (κ2) is 3.77. The van der Waals surface area contributed by atoms with Crippen LogP contribution in [0.25, 0.3) is 11.0 Å². The summed E-state index contributed by atoms with van der Waals surface area (Å²) in [6, 6.07) is 5.94. The quantitative estimate of drug-likeness (QED) is 0.814. The van der Waals surface area contributed by atoms with E-state index in [0.717, 1.165) is 22.1 Å². The van der Waals surface area contributed by atoms with Gasteiger partial charge >= 0.3 is 0 Å². The molecule has 0 aliphatic heterocycles. The van der Waals surface area contributed by atoms with Crippen LogP contribution in [-0.4, -0.2) is 5.91 Å². The molecule has 1 heterocycles. The van der Waals surface area contributed by atoms with Crippen LogP contribution in [0.15, 0.2) is 28.9 Å². The maximum absolute atomic E-state index is 10.8. The highest BCUT2D eigenvalue weighted by Crippen LogP contribution is 2.21. The fraction of sp³-hybridized carbons (Fsp3) is 0.250. The SMILES string of the molecule is CC(=O)NCc1ccc2occ(C)c2c1. The van der Waals surface area contributed by atoms with E-state index in [4.69, 9.17) is 4.42 Å². The van der Waals surface area contributed by atoms with Crippen molar-refractivity contribution in [2.75, 3.05) is 0 Å². The first-order valence-electron chi connectivity index (χ1n) is 4.88. The Labute approximate surface area is 88.1 Å². The zero-order valence-electron chi connectivity index (χ0n) is 8.83. The molecule has 0 atom stereocenters. The molecule has 0 bridgehead atoms. The number of carbonyl (C=O) groups excluding carboxylic acids is 1. The largest absolute Gasteiger partial charge is 0.464 e. The second-order valence-corrected chi connectivity index (χ2v) is 3.66. The van der Waals surface area contributed by atoms with Crippen LogP contribution < -0.4 is 5.32 Å². The summed E-state index contributed by atoms with van der Waals surface area (Å²) in [6.07, 6.45) is 1.74. The molecular formula is C12H13NO2. The molecule has 0 unspecified atom stereocenters. The molecule has 3 nitrogen and oxygen atoms in total. The Kier molecular flexibility index (Phi) is 2.46. The molecule has 0 aliphatic carbocycles. The molecule has 1 aromatic carbocycles. The fourth-order valence-electron chi connectivity index (χ4n) is 1.54. The number of aryl methyl sites for hydroxylation is 1. The van der Waals surface area contributed by atoms with Gasteiger partial charge in [0.05, 0.1) is 6.26 Å². The van der Waals surface area contributed by atoms with Gasteiger partial charge < -0.3 is 9.73 Å². The number of benzene rings is 1. The highest BCUT2D eigenvalue weighted by Gasteiger charge is 2.03. The summed E-state index contributed by atoms with van der Waals surface area (Å²) >= 11 is 0. The van der Waals surface area contributed by atoms with Gasteiger partial charge in [-0.05, 0) is 30.2 Å². The van der Waals surface area contributed by atoms with Crippen molar-refractivity contribution in [3.8, 4) is 0 Å². The van der Waals surface area contributed by atoms with Gasteiger partial charge in [0.2, 0.25) is 5.91 Å². The van der Waals surface area contributed by atoms with Crippen LogP contribution in [-0.2, 0) is 11.3 Å². The normalized spacial score (nSPS) is 10.5. The average molecular weight is 203 g/mol. The minimum absolute atomic E-state index is 0.0148. The van der Waals surface area contributed by atoms with Crippen molar-refractivity contribution in [1.29, 1.82) is 0 Å². The van der Waals surface area contributed by atoms with Crippen molar-refractivity contribution in [2.45, 2.75) is 20.4 Å². The standard InChI is InChI=1S/C12H13NO2/c1-8-7-15-12-4-3-10(5-11(8)12)6-13-9(2)14/h3-5,7H,6H2,1-2H3,(H,13,14). The van der Waals surface area contributed by atoms with Crippen molar-refractivity contribution in [3.05, 3.63) is 35.6 Å². The van der Waals surface area contributed by atoms with Crippen LogP contribution in [0, 0.1) is 6.92 Å². The van der Waals surface area contributed by atoms with Gasteiger partial charge in [-0.15, -0.1) is 0 Å². The Balaban J connectivity index is 2.29. The molecule has 0 saturated carbocycles. The van der Waals surface area contributed by atoms with Crippen LogP contribution in [0.4, 0.5) is 0 Å². The zero-order valence-corrected chi connectivity index (χ0v) is 8.83. The summed E-state index contributed by atoms with van der Waals surface area (Å²) in [7, 11) is 0. The molecule has 0 spiro atoms. The molecule has 0 fully saturated rings. The van der Waals surface area contributed by atoms with E-state index in [0.29, 0.717) is 6.54 Å². The molecule has 15 heavy (non-hydrogen) atoms. The predicted octanol–water partition coefficient (Wildman–Crippen LogP) is 2.38. The van der Waals surface area contributed by atoms with Crippen LogP contribution >= 0.6 is 0 Å². The smallest absolute Gasteiger partial charge is 0.217 e. The van der Waals surface area contributed by atoms with E-state index in [1.54, 1.807) is 6.26 Å². The summed E-state index contributed by atoms with van der Waals surface area (Å²) in [5, 5.41) is 3.88. The summed E-state index contributed by atoms with van der Waals surface area (Å²) < 4.78 is 5.34. The molecule has 78 valence electrons. The summed E-state index contributed by atoms with van der Waals surface area (Å²) in [4.78, 5) is 10.8. The Bertz CT molecular complexity index is 499. The third kappa shape index (κ3) is 2.01. The third-order valence-electron chi connectivity index (χ3n) is 2.37. The Morgan fingerprint density at radius 3 is 3.00 bits per heavy atom. The molecule has 0 saturated heterocycles. The highest BCUT2D eigenvalue weighted by molar-refractivity contribution is 5.81. The van der Waals surface area contributed by atoms with Gasteiger partial charge in [0.25, 0.3) is 0 Å². The molecule has 2 aromatic rings. The molecule has 1 aromatic heterocycles. The monoisotopic (exact) mass is 203 g/mol. The first-order chi connectivity index (χ1) is 7.16. The predicted molar refractivity (Wildman–Crippen MR) is 58.5 cm³/mol. The van der Waals surface area contributed by atoms with Gasteiger partial charge in [-0.25, -0.2) is 0 Å². The van der Waals surface area contributed by atoms with Crippen molar-refractivity contribution in [1.82, 2.24) is 5.32 Å². The minimum Gasteiger partial charge on any atom is -0.464 e. The highest BCUT2D eigenvalue weighted by atomic mass is 16.3. The lowest BCUT2D eigenvalue weighted by Gasteiger charge is -2.02. The van der Waals surface area contributed by atoms with Crippen LogP contribution in [0.2, 0.25) is 0 Å². The fourth-order valence-corrected chi connectivity index (χ4v) is 1.54. The molecular weight excluding hydrogens is 190 g/mol. The topological polar surface area (TPSA) is 42.2 Å². The van der Waals surface area contributed by atoms with Crippen molar-refractivity contribution >= 4 is 16.9 Å².